The van der Waals surface area contributed by atoms with E-state index in [4.69, 9.17) is 0 Å². The Morgan fingerprint density at radius 2 is 2.22 bits per heavy atom. The van der Waals surface area contributed by atoms with Crippen molar-refractivity contribution in [1.29, 1.82) is 0 Å². The fourth-order valence-corrected chi connectivity index (χ4v) is 3.35. The number of H-pyrrole nitrogens is 1. The molecule has 0 radical (unpaired) electrons. The monoisotopic (exact) mass is 334 g/mol. The Labute approximate surface area is 139 Å². The quantitative estimate of drug-likeness (QED) is 0.755. The molecule has 8 heteroatoms. The fraction of sp³-hybridized carbons (Fsp3) is 0.467. The minimum absolute atomic E-state index is 0.0125. The zero-order valence-corrected chi connectivity index (χ0v) is 14.0. The first kappa shape index (κ1) is 15.8. The SMILES string of the molecule is CCc1nnc(NC(=O)C[NH+]2CCN(c3cccc[nH+]3)CC2)s1. The number of rotatable bonds is 5. The van der Waals surface area contributed by atoms with Gasteiger partial charge >= 0.3 is 0 Å². The van der Waals surface area contributed by atoms with E-state index in [0.29, 0.717) is 11.7 Å². The van der Waals surface area contributed by atoms with Crippen molar-refractivity contribution in [2.75, 3.05) is 42.9 Å². The van der Waals surface area contributed by atoms with Gasteiger partial charge in [0.1, 0.15) is 31.2 Å². The molecule has 1 saturated heterocycles. The highest BCUT2D eigenvalue weighted by molar-refractivity contribution is 7.15. The minimum atomic E-state index is 0.0125. The Kier molecular flexibility index (Phi) is 5.14. The zero-order valence-electron chi connectivity index (χ0n) is 13.2. The average molecular weight is 334 g/mol. The van der Waals surface area contributed by atoms with Crippen molar-refractivity contribution in [3.05, 3.63) is 29.4 Å². The van der Waals surface area contributed by atoms with Gasteiger partial charge in [0.25, 0.3) is 11.7 Å². The van der Waals surface area contributed by atoms with Crippen molar-refractivity contribution < 1.29 is 14.7 Å². The average Bonchev–Trinajstić information content (AvgIpc) is 3.04. The second-order valence-corrected chi connectivity index (χ2v) is 6.63. The molecule has 7 nitrogen and oxygen atoms in total. The van der Waals surface area contributed by atoms with Gasteiger partial charge < -0.3 is 4.90 Å². The molecule has 1 fully saturated rings. The molecule has 3 N–H and O–H groups in total. The van der Waals surface area contributed by atoms with Gasteiger partial charge in [0, 0.05) is 6.07 Å². The number of pyridine rings is 1. The number of amides is 1. The van der Waals surface area contributed by atoms with Crippen LogP contribution >= 0.6 is 11.3 Å². The molecular weight excluding hydrogens is 312 g/mol. The van der Waals surface area contributed by atoms with Gasteiger partial charge in [-0.1, -0.05) is 24.3 Å². The molecule has 0 saturated carbocycles. The molecule has 0 atom stereocenters. The standard InChI is InChI=1S/C15H20N6OS/c1-2-14-18-19-15(23-14)17-13(22)11-20-7-9-21(10-8-20)12-5-3-4-6-16-12/h3-6H,2,7-11H2,1H3,(H,17,19,22)/p+2. The summed E-state index contributed by atoms with van der Waals surface area (Å²) in [6, 6.07) is 6.09. The molecule has 2 aromatic heterocycles. The molecule has 2 aromatic rings. The number of nitrogens with zero attached hydrogens (tertiary/aromatic N) is 3. The van der Waals surface area contributed by atoms with Gasteiger partial charge in [-0.2, -0.15) is 0 Å². The summed E-state index contributed by atoms with van der Waals surface area (Å²) in [4.78, 5) is 19.0. The maximum atomic E-state index is 12.1. The van der Waals surface area contributed by atoms with E-state index in [0.717, 1.165) is 43.4 Å². The van der Waals surface area contributed by atoms with Crippen LogP contribution in [0.1, 0.15) is 11.9 Å². The molecule has 0 aromatic carbocycles. The summed E-state index contributed by atoms with van der Waals surface area (Å²) in [6.45, 7) is 6.30. The molecule has 23 heavy (non-hydrogen) atoms. The number of aromatic nitrogens is 3. The highest BCUT2D eigenvalue weighted by Gasteiger charge is 2.27. The Hall–Kier alpha value is -2.06. The van der Waals surface area contributed by atoms with Crippen LogP contribution in [0.4, 0.5) is 10.9 Å². The lowest BCUT2D eigenvalue weighted by Crippen LogP contribution is -3.15. The van der Waals surface area contributed by atoms with Crippen LogP contribution in [0.5, 0.6) is 0 Å². The topological polar surface area (TPSA) is 76.7 Å². The van der Waals surface area contributed by atoms with Gasteiger partial charge in [0.05, 0.1) is 6.20 Å². The van der Waals surface area contributed by atoms with Crippen LogP contribution in [0.3, 0.4) is 0 Å². The highest BCUT2D eigenvalue weighted by atomic mass is 32.1. The van der Waals surface area contributed by atoms with Crippen LogP contribution in [-0.2, 0) is 11.2 Å². The minimum Gasteiger partial charge on any atom is -0.321 e. The fourth-order valence-electron chi connectivity index (χ4n) is 2.66. The Morgan fingerprint density at radius 1 is 1.39 bits per heavy atom. The summed E-state index contributed by atoms with van der Waals surface area (Å²) in [7, 11) is 0. The predicted molar refractivity (Wildman–Crippen MR) is 88.7 cm³/mol. The smallest absolute Gasteiger partial charge is 0.281 e. The molecule has 0 bridgehead atoms. The summed E-state index contributed by atoms with van der Waals surface area (Å²) in [5, 5.41) is 12.4. The number of piperazine rings is 1. The molecule has 0 unspecified atom stereocenters. The van der Waals surface area contributed by atoms with Gasteiger partial charge in [-0.3, -0.25) is 15.0 Å². The highest BCUT2D eigenvalue weighted by Crippen LogP contribution is 2.14. The Bertz CT molecular complexity index is 638. The molecule has 1 amide bonds. The lowest BCUT2D eigenvalue weighted by molar-refractivity contribution is -0.892. The van der Waals surface area contributed by atoms with E-state index in [-0.39, 0.29) is 5.91 Å². The van der Waals surface area contributed by atoms with E-state index in [2.05, 4.69) is 31.5 Å². The van der Waals surface area contributed by atoms with E-state index in [1.165, 1.54) is 16.2 Å². The first-order valence-corrected chi connectivity index (χ1v) is 8.73. The van der Waals surface area contributed by atoms with Crippen molar-refractivity contribution in [3.63, 3.8) is 0 Å². The summed E-state index contributed by atoms with van der Waals surface area (Å²) in [6.07, 6.45) is 2.78. The van der Waals surface area contributed by atoms with Crippen molar-refractivity contribution in [3.8, 4) is 0 Å². The Morgan fingerprint density at radius 3 is 2.87 bits per heavy atom. The lowest BCUT2D eigenvalue weighted by Gasteiger charge is -2.27. The maximum Gasteiger partial charge on any atom is 0.281 e. The molecule has 3 rings (SSSR count). The first-order chi connectivity index (χ1) is 11.2. The van der Waals surface area contributed by atoms with Crippen molar-refractivity contribution in [1.82, 2.24) is 10.2 Å². The van der Waals surface area contributed by atoms with E-state index in [9.17, 15) is 4.79 Å². The van der Waals surface area contributed by atoms with Crippen LogP contribution < -0.4 is 20.1 Å². The second-order valence-electron chi connectivity index (χ2n) is 5.56. The van der Waals surface area contributed by atoms with Crippen molar-refractivity contribution in [2.45, 2.75) is 13.3 Å². The number of aryl methyl sites for hydroxylation is 1. The third-order valence-corrected chi connectivity index (χ3v) is 4.91. The van der Waals surface area contributed by atoms with Crippen molar-refractivity contribution in [2.24, 2.45) is 0 Å². The van der Waals surface area contributed by atoms with Gasteiger partial charge in [0.15, 0.2) is 6.54 Å². The van der Waals surface area contributed by atoms with Crippen LogP contribution in [0.2, 0.25) is 0 Å². The van der Waals surface area contributed by atoms with Crippen LogP contribution in [0.15, 0.2) is 24.4 Å². The Balaban J connectivity index is 1.46. The number of carbonyl (C=O) groups is 1. The summed E-state index contributed by atoms with van der Waals surface area (Å²) < 4.78 is 0. The van der Waals surface area contributed by atoms with Gasteiger partial charge in [0.2, 0.25) is 5.13 Å². The number of hydrogen-bond acceptors (Lipinski definition) is 5. The van der Waals surface area contributed by atoms with E-state index < -0.39 is 0 Å². The van der Waals surface area contributed by atoms with E-state index in [1.54, 1.807) is 0 Å². The third kappa shape index (κ3) is 4.23. The van der Waals surface area contributed by atoms with Gasteiger partial charge in [-0.25, -0.2) is 4.98 Å². The third-order valence-electron chi connectivity index (χ3n) is 3.93. The summed E-state index contributed by atoms with van der Waals surface area (Å²) >= 11 is 1.45. The molecule has 3 heterocycles. The number of aromatic amines is 1. The molecule has 1 aliphatic heterocycles. The van der Waals surface area contributed by atoms with Crippen LogP contribution in [-0.4, -0.2) is 48.8 Å². The first-order valence-electron chi connectivity index (χ1n) is 7.92. The molecule has 122 valence electrons. The lowest BCUT2D eigenvalue weighted by atomic mass is 10.3. The molecule has 0 spiro atoms. The largest absolute Gasteiger partial charge is 0.321 e. The maximum absolute atomic E-state index is 12.1. The molecule has 0 aliphatic carbocycles. The number of anilines is 2. The second kappa shape index (κ2) is 7.47. The van der Waals surface area contributed by atoms with Crippen LogP contribution in [0.25, 0.3) is 0 Å². The number of quaternary nitrogens is 1. The van der Waals surface area contributed by atoms with Gasteiger partial charge in [-0.15, -0.1) is 10.2 Å². The van der Waals surface area contributed by atoms with E-state index in [1.807, 2.05) is 25.3 Å². The summed E-state index contributed by atoms with van der Waals surface area (Å²) in [5.41, 5.74) is 0. The number of carbonyl (C=O) groups excluding carboxylic acids is 1. The summed E-state index contributed by atoms with van der Waals surface area (Å²) in [5.74, 6) is 1.15. The van der Waals surface area contributed by atoms with Crippen LogP contribution in [0, 0.1) is 0 Å². The number of hydrogen-bond donors (Lipinski definition) is 2. The number of nitrogens with one attached hydrogen (secondary N) is 3. The molecule has 1 aliphatic rings. The zero-order chi connectivity index (χ0) is 16.1. The van der Waals surface area contributed by atoms with Gasteiger partial charge in [-0.05, 0) is 12.5 Å². The van der Waals surface area contributed by atoms with Crippen molar-refractivity contribution >= 4 is 28.2 Å². The normalized spacial score (nSPS) is 15.6. The molecular formula is C15H22N6OS+2. The predicted octanol–water partition coefficient (Wildman–Crippen LogP) is -0.742. The van der Waals surface area contributed by atoms with E-state index >= 15 is 0 Å².